The molecule has 0 aromatic carbocycles. The van der Waals surface area contributed by atoms with Gasteiger partial charge in [0, 0.05) is 24.5 Å². The molecule has 0 bridgehead atoms. The van der Waals surface area contributed by atoms with E-state index in [1.165, 1.54) is 0 Å². The van der Waals surface area contributed by atoms with Crippen molar-refractivity contribution in [1.29, 1.82) is 0 Å². The number of carboxylic acids is 1. The molecule has 1 aromatic rings. The molecule has 20 heavy (non-hydrogen) atoms. The van der Waals surface area contributed by atoms with Crippen molar-refractivity contribution in [2.24, 2.45) is 5.92 Å². The van der Waals surface area contributed by atoms with Crippen LogP contribution in [0.2, 0.25) is 0 Å². The van der Waals surface area contributed by atoms with Crippen molar-refractivity contribution in [3.63, 3.8) is 0 Å². The quantitative estimate of drug-likeness (QED) is 0.859. The molecule has 2 atom stereocenters. The molecular formula is C14H21N3O3. The Balaban J connectivity index is 2.19. The monoisotopic (exact) mass is 279 g/mol. The molecule has 1 aromatic heterocycles. The zero-order valence-electron chi connectivity index (χ0n) is 12.1. The smallest absolute Gasteiger partial charge is 0.356 e. The van der Waals surface area contributed by atoms with E-state index >= 15 is 0 Å². The molecule has 1 aliphatic heterocycles. The maximum Gasteiger partial charge on any atom is 0.356 e. The fourth-order valence-electron chi connectivity index (χ4n) is 2.25. The number of hydrogen-bond acceptors (Lipinski definition) is 5. The topological polar surface area (TPSA) is 84.3 Å². The molecule has 0 saturated carbocycles. The third-order valence-corrected chi connectivity index (χ3v) is 3.58. The van der Waals surface area contributed by atoms with Crippen LogP contribution in [0.15, 0.2) is 6.20 Å². The molecule has 2 heterocycles. The fourth-order valence-corrected chi connectivity index (χ4v) is 2.25. The third-order valence-electron chi connectivity index (χ3n) is 3.58. The van der Waals surface area contributed by atoms with E-state index in [4.69, 9.17) is 4.74 Å². The Morgan fingerprint density at radius 1 is 1.50 bits per heavy atom. The maximum absolute atomic E-state index is 11.3. The Bertz CT molecular complexity index is 485. The molecule has 2 N–H and O–H groups in total. The molecule has 2 unspecified atom stereocenters. The fraction of sp³-hybridized carbons (Fsp3) is 0.643. The van der Waals surface area contributed by atoms with Gasteiger partial charge in [0.15, 0.2) is 5.69 Å². The number of nitrogens with zero attached hydrogens (tertiary/aromatic N) is 2. The number of anilines is 1. The average Bonchev–Trinajstić information content (AvgIpc) is 2.92. The minimum atomic E-state index is -1.04. The van der Waals surface area contributed by atoms with Crippen molar-refractivity contribution in [1.82, 2.24) is 9.97 Å². The van der Waals surface area contributed by atoms with E-state index in [1.807, 2.05) is 20.8 Å². The summed E-state index contributed by atoms with van der Waals surface area (Å²) >= 11 is 0. The zero-order chi connectivity index (χ0) is 14.7. The molecule has 1 fully saturated rings. The number of hydrogen-bond donors (Lipinski definition) is 2. The first-order valence-corrected chi connectivity index (χ1v) is 6.93. The lowest BCUT2D eigenvalue weighted by Crippen LogP contribution is -2.27. The van der Waals surface area contributed by atoms with E-state index in [0.717, 1.165) is 13.0 Å². The van der Waals surface area contributed by atoms with Crippen LogP contribution in [-0.2, 0) is 4.74 Å². The largest absolute Gasteiger partial charge is 0.476 e. The maximum atomic E-state index is 11.3. The highest BCUT2D eigenvalue weighted by molar-refractivity contribution is 5.91. The summed E-state index contributed by atoms with van der Waals surface area (Å²) < 4.78 is 5.36. The number of aromatic carboxylic acids is 1. The SMILES string of the molecule is CC(C)c1ncc(NC(C)C2CCOC2)c(C(=O)O)n1. The molecule has 0 aliphatic carbocycles. The number of carbonyl (C=O) groups is 1. The second kappa shape index (κ2) is 6.17. The third kappa shape index (κ3) is 3.25. The van der Waals surface area contributed by atoms with E-state index in [0.29, 0.717) is 24.0 Å². The van der Waals surface area contributed by atoms with Gasteiger partial charge in [0.05, 0.1) is 18.5 Å². The minimum Gasteiger partial charge on any atom is -0.476 e. The summed E-state index contributed by atoms with van der Waals surface area (Å²) in [7, 11) is 0. The Kier molecular flexibility index (Phi) is 4.54. The summed E-state index contributed by atoms with van der Waals surface area (Å²) in [4.78, 5) is 19.7. The van der Waals surface area contributed by atoms with Gasteiger partial charge in [-0.05, 0) is 13.3 Å². The summed E-state index contributed by atoms with van der Waals surface area (Å²) in [5.74, 6) is 0.000649. The van der Waals surface area contributed by atoms with E-state index < -0.39 is 5.97 Å². The van der Waals surface area contributed by atoms with Gasteiger partial charge < -0.3 is 15.2 Å². The number of ether oxygens (including phenoxy) is 1. The molecule has 110 valence electrons. The molecule has 2 rings (SSSR count). The molecule has 0 spiro atoms. The second-order valence-corrected chi connectivity index (χ2v) is 5.51. The minimum absolute atomic E-state index is 0.0365. The standard InChI is InChI=1S/C14H21N3O3/c1-8(2)13-15-6-11(12(17-13)14(18)19)16-9(3)10-4-5-20-7-10/h6,8-10,16H,4-5,7H2,1-3H3,(H,18,19). The second-order valence-electron chi connectivity index (χ2n) is 5.51. The van der Waals surface area contributed by atoms with Gasteiger partial charge in [-0.2, -0.15) is 0 Å². The van der Waals surface area contributed by atoms with Crippen molar-refractivity contribution in [3.8, 4) is 0 Å². The van der Waals surface area contributed by atoms with Gasteiger partial charge in [-0.1, -0.05) is 13.8 Å². The highest BCUT2D eigenvalue weighted by Gasteiger charge is 2.24. The molecule has 1 saturated heterocycles. The molecule has 0 amide bonds. The summed E-state index contributed by atoms with van der Waals surface area (Å²) in [6, 6.07) is 0.129. The lowest BCUT2D eigenvalue weighted by atomic mass is 10.0. The van der Waals surface area contributed by atoms with Crippen LogP contribution in [0.25, 0.3) is 0 Å². The van der Waals surface area contributed by atoms with E-state index in [1.54, 1.807) is 6.20 Å². The van der Waals surface area contributed by atoms with Crippen LogP contribution in [-0.4, -0.2) is 40.3 Å². The summed E-state index contributed by atoms with van der Waals surface area (Å²) in [6.45, 7) is 7.38. The number of rotatable bonds is 5. The predicted molar refractivity (Wildman–Crippen MR) is 75.1 cm³/mol. The summed E-state index contributed by atoms with van der Waals surface area (Å²) in [5, 5.41) is 12.5. The van der Waals surface area contributed by atoms with Crippen LogP contribution in [0.4, 0.5) is 5.69 Å². The van der Waals surface area contributed by atoms with Gasteiger partial charge in [-0.15, -0.1) is 0 Å². The van der Waals surface area contributed by atoms with Crippen molar-refractivity contribution in [2.75, 3.05) is 18.5 Å². The van der Waals surface area contributed by atoms with Gasteiger partial charge in [-0.3, -0.25) is 0 Å². The van der Waals surface area contributed by atoms with Gasteiger partial charge >= 0.3 is 5.97 Å². The van der Waals surface area contributed by atoms with Crippen molar-refractivity contribution in [3.05, 3.63) is 17.7 Å². The van der Waals surface area contributed by atoms with Gasteiger partial charge in [-0.25, -0.2) is 14.8 Å². The lowest BCUT2D eigenvalue weighted by Gasteiger charge is -2.21. The van der Waals surface area contributed by atoms with Gasteiger partial charge in [0.2, 0.25) is 0 Å². The van der Waals surface area contributed by atoms with Crippen LogP contribution in [0.1, 0.15) is 49.4 Å². The van der Waals surface area contributed by atoms with Crippen LogP contribution >= 0.6 is 0 Å². The van der Waals surface area contributed by atoms with E-state index in [2.05, 4.69) is 15.3 Å². The summed E-state index contributed by atoms with van der Waals surface area (Å²) in [5.41, 5.74) is 0.510. The molecular weight excluding hydrogens is 258 g/mol. The Labute approximate surface area is 118 Å². The van der Waals surface area contributed by atoms with Gasteiger partial charge in [0.1, 0.15) is 5.82 Å². The Morgan fingerprint density at radius 3 is 2.80 bits per heavy atom. The summed E-state index contributed by atoms with van der Waals surface area (Å²) in [6.07, 6.45) is 2.56. The Morgan fingerprint density at radius 2 is 2.25 bits per heavy atom. The highest BCUT2D eigenvalue weighted by atomic mass is 16.5. The van der Waals surface area contributed by atoms with Crippen LogP contribution in [0.5, 0.6) is 0 Å². The van der Waals surface area contributed by atoms with Crippen molar-refractivity contribution < 1.29 is 14.6 Å². The van der Waals surface area contributed by atoms with Crippen LogP contribution < -0.4 is 5.32 Å². The normalized spacial score (nSPS) is 20.1. The predicted octanol–water partition coefficient (Wildman–Crippen LogP) is 2.14. The van der Waals surface area contributed by atoms with Crippen molar-refractivity contribution in [2.45, 2.75) is 39.2 Å². The van der Waals surface area contributed by atoms with Crippen LogP contribution in [0.3, 0.4) is 0 Å². The highest BCUT2D eigenvalue weighted by Crippen LogP contribution is 2.22. The van der Waals surface area contributed by atoms with E-state index in [-0.39, 0.29) is 17.7 Å². The molecule has 1 aliphatic rings. The molecule has 6 heteroatoms. The first kappa shape index (κ1) is 14.7. The molecule has 6 nitrogen and oxygen atoms in total. The average molecular weight is 279 g/mol. The van der Waals surface area contributed by atoms with Crippen LogP contribution in [0, 0.1) is 5.92 Å². The number of aromatic nitrogens is 2. The first-order valence-electron chi connectivity index (χ1n) is 6.93. The number of carboxylic acid groups (broad SMARTS) is 1. The molecule has 0 radical (unpaired) electrons. The van der Waals surface area contributed by atoms with Crippen molar-refractivity contribution >= 4 is 11.7 Å². The van der Waals surface area contributed by atoms with E-state index in [9.17, 15) is 9.90 Å². The van der Waals surface area contributed by atoms with Gasteiger partial charge in [0.25, 0.3) is 0 Å². The first-order chi connectivity index (χ1) is 9.49. The zero-order valence-corrected chi connectivity index (χ0v) is 12.1. The number of nitrogens with one attached hydrogen (secondary N) is 1. The Hall–Kier alpha value is -1.69. The lowest BCUT2D eigenvalue weighted by molar-refractivity contribution is 0.0691.